The number of hydrazine groups is 1. The first kappa shape index (κ1) is 19.6. The molecule has 1 aliphatic rings. The smallest absolute Gasteiger partial charge is 0.276 e. The highest BCUT2D eigenvalue weighted by Gasteiger charge is 2.32. The Morgan fingerprint density at radius 1 is 1.03 bits per heavy atom. The van der Waals surface area contributed by atoms with E-state index in [-0.39, 0.29) is 12.2 Å². The number of hydrogen-bond acceptors (Lipinski definition) is 4. The number of fused-ring (bicyclic) bond motifs is 1. The number of nitrogens with one attached hydrogen (secondary N) is 2. The minimum absolute atomic E-state index is 0.250. The van der Waals surface area contributed by atoms with E-state index in [2.05, 4.69) is 10.9 Å². The monoisotopic (exact) mass is 405 g/mol. The van der Waals surface area contributed by atoms with Gasteiger partial charge in [-0.05, 0) is 44.2 Å². The molecule has 0 spiro atoms. The Morgan fingerprint density at radius 3 is 2.60 bits per heavy atom. The van der Waals surface area contributed by atoms with Crippen molar-refractivity contribution in [2.75, 3.05) is 6.61 Å². The van der Waals surface area contributed by atoms with E-state index in [0.29, 0.717) is 22.7 Å². The van der Waals surface area contributed by atoms with Gasteiger partial charge in [-0.25, -0.2) is 0 Å². The molecule has 2 heterocycles. The molecule has 0 atom stereocenters. The summed E-state index contributed by atoms with van der Waals surface area (Å²) in [5.41, 5.74) is 6.73. The summed E-state index contributed by atoms with van der Waals surface area (Å²) >= 11 is 0. The Hall–Kier alpha value is -3.74. The standard InChI is InChI=1S/C23H23N3O4/c1-23(2)14-16-8-7-11-19(21(16)30-23)29-15-20(27)24-25-22(28)17-9-3-4-10-18(17)26-12-5-6-13-26/h3-13H,14-15H2,1-2H3,(H,24,27)(H,25,28). The van der Waals surface area contributed by atoms with Crippen molar-refractivity contribution in [3.05, 3.63) is 78.1 Å². The van der Waals surface area contributed by atoms with Gasteiger partial charge in [-0.15, -0.1) is 0 Å². The second-order valence-electron chi connectivity index (χ2n) is 7.68. The van der Waals surface area contributed by atoms with Gasteiger partial charge in [0.15, 0.2) is 18.1 Å². The largest absolute Gasteiger partial charge is 0.483 e. The molecule has 0 unspecified atom stereocenters. The average molecular weight is 405 g/mol. The van der Waals surface area contributed by atoms with Crippen molar-refractivity contribution in [1.29, 1.82) is 0 Å². The summed E-state index contributed by atoms with van der Waals surface area (Å²) in [5.74, 6) is 0.285. The van der Waals surface area contributed by atoms with Gasteiger partial charge in [0.2, 0.25) is 0 Å². The Morgan fingerprint density at radius 2 is 1.80 bits per heavy atom. The highest BCUT2D eigenvalue weighted by molar-refractivity contribution is 5.98. The Kier molecular flexibility index (Phi) is 5.18. The van der Waals surface area contributed by atoms with E-state index in [1.807, 2.05) is 67.2 Å². The summed E-state index contributed by atoms with van der Waals surface area (Å²) in [6, 6.07) is 16.5. The zero-order chi connectivity index (χ0) is 21.1. The van der Waals surface area contributed by atoms with Crippen LogP contribution in [0.15, 0.2) is 67.0 Å². The zero-order valence-electron chi connectivity index (χ0n) is 16.8. The Balaban J connectivity index is 1.35. The summed E-state index contributed by atoms with van der Waals surface area (Å²) in [5, 5.41) is 0. The molecule has 2 N–H and O–H groups in total. The van der Waals surface area contributed by atoms with Crippen LogP contribution in [0, 0.1) is 0 Å². The van der Waals surface area contributed by atoms with Gasteiger partial charge in [-0.1, -0.05) is 24.3 Å². The molecule has 1 aromatic heterocycles. The normalized spacial score (nSPS) is 13.8. The Labute approximate surface area is 174 Å². The number of hydrogen-bond donors (Lipinski definition) is 2. The van der Waals surface area contributed by atoms with Crippen LogP contribution in [0.5, 0.6) is 11.5 Å². The van der Waals surface area contributed by atoms with Crippen LogP contribution >= 0.6 is 0 Å². The van der Waals surface area contributed by atoms with Crippen LogP contribution in [0.4, 0.5) is 0 Å². The maximum atomic E-state index is 12.6. The number of benzene rings is 2. The maximum absolute atomic E-state index is 12.6. The van der Waals surface area contributed by atoms with Gasteiger partial charge in [0, 0.05) is 24.4 Å². The van der Waals surface area contributed by atoms with Crippen LogP contribution in [0.1, 0.15) is 29.8 Å². The quantitative estimate of drug-likeness (QED) is 0.640. The second kappa shape index (κ2) is 7.94. The molecule has 0 radical (unpaired) electrons. The number of ether oxygens (including phenoxy) is 2. The third-order valence-electron chi connectivity index (χ3n) is 4.76. The van der Waals surface area contributed by atoms with Crippen LogP contribution in [0.25, 0.3) is 5.69 Å². The van der Waals surface area contributed by atoms with Gasteiger partial charge in [0.25, 0.3) is 11.8 Å². The predicted molar refractivity (Wildman–Crippen MR) is 112 cm³/mol. The molecule has 30 heavy (non-hydrogen) atoms. The van der Waals surface area contributed by atoms with Crippen molar-refractivity contribution in [3.63, 3.8) is 0 Å². The molecule has 3 aromatic rings. The summed E-state index contributed by atoms with van der Waals surface area (Å²) < 4.78 is 13.4. The molecule has 0 saturated heterocycles. The SMILES string of the molecule is CC1(C)Cc2cccc(OCC(=O)NNC(=O)c3ccccc3-n3cccc3)c2O1. The molecule has 4 rings (SSSR count). The zero-order valence-corrected chi connectivity index (χ0v) is 16.8. The molecular formula is C23H23N3O4. The van der Waals surface area contributed by atoms with Gasteiger partial charge in [0.05, 0.1) is 11.3 Å². The maximum Gasteiger partial charge on any atom is 0.276 e. The highest BCUT2D eigenvalue weighted by Crippen LogP contribution is 2.41. The lowest BCUT2D eigenvalue weighted by molar-refractivity contribution is -0.123. The predicted octanol–water partition coefficient (Wildman–Crippen LogP) is 3.03. The van der Waals surface area contributed by atoms with Crippen LogP contribution in [-0.2, 0) is 11.2 Å². The van der Waals surface area contributed by atoms with Gasteiger partial charge < -0.3 is 14.0 Å². The van der Waals surface area contributed by atoms with Crippen molar-refractivity contribution in [2.24, 2.45) is 0 Å². The summed E-state index contributed by atoms with van der Waals surface area (Å²) in [6.45, 7) is 3.76. The summed E-state index contributed by atoms with van der Waals surface area (Å²) in [7, 11) is 0. The van der Waals surface area contributed by atoms with Crippen molar-refractivity contribution in [2.45, 2.75) is 25.9 Å². The summed E-state index contributed by atoms with van der Waals surface area (Å²) in [6.07, 6.45) is 4.48. The Bertz CT molecular complexity index is 1070. The van der Waals surface area contributed by atoms with E-state index in [1.54, 1.807) is 18.2 Å². The third-order valence-corrected chi connectivity index (χ3v) is 4.76. The number of carbonyl (C=O) groups is 2. The molecule has 1 aliphatic heterocycles. The first-order valence-corrected chi connectivity index (χ1v) is 9.68. The minimum atomic E-state index is -0.475. The molecule has 7 heteroatoms. The number of rotatable bonds is 5. The fourth-order valence-electron chi connectivity index (χ4n) is 3.46. The number of nitrogens with zero attached hydrogens (tertiary/aromatic N) is 1. The minimum Gasteiger partial charge on any atom is -0.483 e. The van der Waals surface area contributed by atoms with E-state index in [0.717, 1.165) is 12.0 Å². The van der Waals surface area contributed by atoms with Gasteiger partial charge in [0.1, 0.15) is 5.60 Å². The van der Waals surface area contributed by atoms with E-state index in [9.17, 15) is 9.59 Å². The molecule has 0 aliphatic carbocycles. The number of carbonyl (C=O) groups excluding carboxylic acids is 2. The van der Waals surface area contributed by atoms with Crippen molar-refractivity contribution in [1.82, 2.24) is 15.4 Å². The van der Waals surface area contributed by atoms with Crippen LogP contribution < -0.4 is 20.3 Å². The fourth-order valence-corrected chi connectivity index (χ4v) is 3.46. The number of para-hydroxylation sites is 2. The second-order valence-corrected chi connectivity index (χ2v) is 7.68. The molecule has 0 fully saturated rings. The van der Waals surface area contributed by atoms with Crippen LogP contribution in [-0.4, -0.2) is 28.6 Å². The van der Waals surface area contributed by atoms with E-state index in [4.69, 9.17) is 9.47 Å². The fraction of sp³-hybridized carbons (Fsp3) is 0.217. The van der Waals surface area contributed by atoms with Crippen LogP contribution in [0.3, 0.4) is 0 Å². The first-order valence-electron chi connectivity index (χ1n) is 9.68. The molecule has 2 aromatic carbocycles. The van der Waals surface area contributed by atoms with Gasteiger partial charge in [-0.2, -0.15) is 0 Å². The topological polar surface area (TPSA) is 81.6 Å². The lowest BCUT2D eigenvalue weighted by Crippen LogP contribution is -2.44. The number of aromatic nitrogens is 1. The summed E-state index contributed by atoms with van der Waals surface area (Å²) in [4.78, 5) is 24.8. The average Bonchev–Trinajstić information content (AvgIpc) is 3.37. The van der Waals surface area contributed by atoms with Crippen molar-refractivity contribution >= 4 is 11.8 Å². The third kappa shape index (κ3) is 4.15. The highest BCUT2D eigenvalue weighted by atomic mass is 16.5. The molecule has 2 amide bonds. The molecule has 7 nitrogen and oxygen atoms in total. The molecule has 0 bridgehead atoms. The van der Waals surface area contributed by atoms with Crippen molar-refractivity contribution in [3.8, 4) is 17.2 Å². The molecule has 154 valence electrons. The molecule has 0 saturated carbocycles. The van der Waals surface area contributed by atoms with Crippen LogP contribution in [0.2, 0.25) is 0 Å². The number of amides is 2. The lowest BCUT2D eigenvalue weighted by Gasteiger charge is -2.18. The van der Waals surface area contributed by atoms with E-state index >= 15 is 0 Å². The first-order chi connectivity index (χ1) is 14.4. The van der Waals surface area contributed by atoms with Crippen molar-refractivity contribution < 1.29 is 19.1 Å². The van der Waals surface area contributed by atoms with E-state index in [1.165, 1.54) is 0 Å². The molecular weight excluding hydrogens is 382 g/mol. The lowest BCUT2D eigenvalue weighted by atomic mass is 10.0. The van der Waals surface area contributed by atoms with E-state index < -0.39 is 11.8 Å². The van der Waals surface area contributed by atoms with Gasteiger partial charge in [-0.3, -0.25) is 20.4 Å². The van der Waals surface area contributed by atoms with Gasteiger partial charge >= 0.3 is 0 Å².